The zero-order valence-corrected chi connectivity index (χ0v) is 54.9. The van der Waals surface area contributed by atoms with Crippen molar-refractivity contribution >= 4 is 32.1 Å². The third kappa shape index (κ3) is 25.2. The van der Waals surface area contributed by atoms with Crippen LogP contribution in [0.25, 0.3) is 22.7 Å². The predicted molar refractivity (Wildman–Crippen MR) is 319 cm³/mol. The zero-order chi connectivity index (χ0) is 66.2. The molecule has 6 heterocycles. The monoisotopic (exact) mass is 1340 g/mol. The van der Waals surface area contributed by atoms with E-state index in [1.54, 1.807) is 0 Å². The third-order valence-corrected chi connectivity index (χ3v) is 14.4. The molecule has 0 atom stereocenters. The Bertz CT molecular complexity index is 2970. The summed E-state index contributed by atoms with van der Waals surface area (Å²) in [5.41, 5.74) is 6.69. The van der Waals surface area contributed by atoms with Crippen molar-refractivity contribution in [1.82, 2.24) is 9.13 Å². The van der Waals surface area contributed by atoms with Gasteiger partial charge in [-0.15, -0.1) is 10.6 Å². The number of hydrogen-bond acceptors (Lipinski definition) is 16. The second-order valence-electron chi connectivity index (χ2n) is 21.1. The van der Waals surface area contributed by atoms with Crippen LogP contribution in [0.5, 0.6) is 0 Å². The van der Waals surface area contributed by atoms with Gasteiger partial charge in [0.1, 0.15) is 47.5 Å². The van der Waals surface area contributed by atoms with E-state index in [9.17, 15) is 36.8 Å². The molecule has 6 aromatic rings. The molecule has 0 radical (unpaired) electrons. The molecule has 20 nitrogen and oxygen atoms in total. The van der Waals surface area contributed by atoms with Gasteiger partial charge in [-0.3, -0.25) is 0 Å². The van der Waals surface area contributed by atoms with Crippen molar-refractivity contribution in [1.29, 1.82) is 0 Å². The molecule has 4 aliphatic rings. The van der Waals surface area contributed by atoms with Crippen molar-refractivity contribution in [2.24, 2.45) is 20.8 Å². The van der Waals surface area contributed by atoms with Gasteiger partial charge >= 0.3 is 40.0 Å². The molecule has 89 heavy (non-hydrogen) atoms. The van der Waals surface area contributed by atoms with Gasteiger partial charge in [-0.05, 0) is 179 Å². The first-order chi connectivity index (χ1) is 41.2. The first-order valence-electron chi connectivity index (χ1n) is 28.2. The standard InChI is InChI=1S/2C21H24N4O.4C4H8O.2CHF3O3S.Fe/c2*1-13-9-15(3)19(16(4)10-13)24-7-8-25(21(24)22-23-26)20-17(5)11-14(2)12-18(20)6;4*1-2-4-5-3-1;2*2-1(3,4)8(5,6)7;/h2*7-12H,1-6H3;4*1-4H2;2*(H,5,6,7);/q;;;;;;;;+2/p-2. The summed E-state index contributed by atoms with van der Waals surface area (Å²) >= 11 is 0. The molecule has 0 spiro atoms. The van der Waals surface area contributed by atoms with E-state index in [1.807, 2.05) is 43.1 Å². The van der Waals surface area contributed by atoms with E-state index >= 15 is 0 Å². The van der Waals surface area contributed by atoms with Gasteiger partial charge < -0.3 is 38.5 Å². The smallest absolute Gasteiger partial charge is 0.762 e. The van der Waals surface area contributed by atoms with Crippen LogP contribution in [-0.2, 0) is 56.3 Å². The summed E-state index contributed by atoms with van der Waals surface area (Å²) in [6, 6.07) is 17.1. The Hall–Kier alpha value is -6.14. The van der Waals surface area contributed by atoms with Crippen LogP contribution >= 0.6 is 0 Å². The molecule has 4 fully saturated rings. The fourth-order valence-corrected chi connectivity index (χ4v) is 9.98. The quantitative estimate of drug-likeness (QED) is 0.0287. The predicted octanol–water partition coefficient (Wildman–Crippen LogP) is 13.7. The van der Waals surface area contributed by atoms with Crippen LogP contribution in [0.3, 0.4) is 0 Å². The van der Waals surface area contributed by atoms with E-state index < -0.39 is 31.3 Å². The van der Waals surface area contributed by atoms with Crippen LogP contribution in [0, 0.1) is 93.5 Å². The van der Waals surface area contributed by atoms with Crippen molar-refractivity contribution in [3.05, 3.63) is 150 Å². The van der Waals surface area contributed by atoms with Gasteiger partial charge in [-0.2, -0.15) is 44.6 Å². The Labute approximate surface area is 528 Å². The van der Waals surface area contributed by atoms with Gasteiger partial charge in [-0.1, -0.05) is 70.8 Å². The molecule has 494 valence electrons. The molecule has 4 aromatic carbocycles. The van der Waals surface area contributed by atoms with E-state index in [0.29, 0.717) is 11.9 Å². The molecular weight excluding hydrogens is 1260 g/mol. The second kappa shape index (κ2) is 37.3. The summed E-state index contributed by atoms with van der Waals surface area (Å²) in [7, 11) is -12.2. The number of benzene rings is 4. The van der Waals surface area contributed by atoms with E-state index in [1.165, 1.54) is 73.6 Å². The van der Waals surface area contributed by atoms with Crippen molar-refractivity contribution in [3.63, 3.8) is 0 Å². The second-order valence-corrected chi connectivity index (χ2v) is 23.8. The Kier molecular flexibility index (Phi) is 33.1. The number of halogens is 6. The van der Waals surface area contributed by atoms with E-state index in [0.717, 1.165) is 120 Å². The molecule has 0 aliphatic carbocycles. The van der Waals surface area contributed by atoms with Crippen LogP contribution in [0.1, 0.15) is 118 Å². The SMILES string of the molecule is C1CCOC1.C1CCOC1.C1CCOC1.C1CCOC1.Cc1cc(C)c(-n2cc[n+](-c3c(C)cc(C)cc3C)c2/N=N/[O-])c(C)c1.Cc1cc(C)c(-n2cc[n+](-c3c(C)cc(C)cc3C)c2/N=N/[O-])c(C)c1.O=S(=O)([O-])C(F)(F)F.O=S(=O)([O-])C(F)(F)F.[Fe+2]. The number of hydrogen-bond donors (Lipinski definition) is 0. The maximum Gasteiger partial charge on any atom is 2.00 e. The molecule has 0 N–H and O–H groups in total. The molecule has 4 aliphatic heterocycles. The summed E-state index contributed by atoms with van der Waals surface area (Å²) in [6.45, 7) is 32.9. The molecular formula is C60H80F6FeN8O12S2. The van der Waals surface area contributed by atoms with Gasteiger partial charge in [0.15, 0.2) is 20.2 Å². The molecule has 4 saturated heterocycles. The summed E-state index contributed by atoms with van der Waals surface area (Å²) in [5.74, 6) is 0.982. The largest absolute Gasteiger partial charge is 2.00 e. The Morgan fingerprint density at radius 3 is 0.753 bits per heavy atom. The molecule has 0 bridgehead atoms. The van der Waals surface area contributed by atoms with Gasteiger partial charge in [-0.25, -0.2) is 16.8 Å². The van der Waals surface area contributed by atoms with E-state index in [-0.39, 0.29) is 17.1 Å². The molecule has 0 unspecified atom stereocenters. The van der Waals surface area contributed by atoms with E-state index in [2.05, 4.69) is 152 Å². The maximum absolute atomic E-state index is 11.0. The molecule has 10 rings (SSSR count). The Balaban J connectivity index is 0.000000390. The van der Waals surface area contributed by atoms with Crippen LogP contribution < -0.4 is 9.13 Å². The Morgan fingerprint density at radius 1 is 0.404 bits per heavy atom. The van der Waals surface area contributed by atoms with Crippen molar-refractivity contribution in [2.75, 3.05) is 52.9 Å². The van der Waals surface area contributed by atoms with Crippen LogP contribution in [-0.4, -0.2) is 98.9 Å². The van der Waals surface area contributed by atoms with Gasteiger partial charge in [0.2, 0.25) is 0 Å². The van der Waals surface area contributed by atoms with E-state index in [4.69, 9.17) is 44.9 Å². The minimum atomic E-state index is -6.09. The van der Waals surface area contributed by atoms with Gasteiger partial charge in [0, 0.05) is 63.1 Å². The fraction of sp³-hybridized carbons (Fsp3) is 0.500. The normalized spacial score (nSPS) is 14.6. The number of rotatable bonds is 6. The number of aromatic nitrogens is 4. The first-order valence-corrected chi connectivity index (χ1v) is 31.0. The summed E-state index contributed by atoms with van der Waals surface area (Å²) < 4.78 is 145. The fourth-order valence-electron chi connectivity index (χ4n) is 9.98. The number of aryl methyl sites for hydroxylation is 12. The maximum atomic E-state index is 11.0. The summed E-state index contributed by atoms with van der Waals surface area (Å²) in [6.07, 6.45) is 18.0. The third-order valence-electron chi connectivity index (χ3n) is 13.2. The van der Waals surface area contributed by atoms with Gasteiger partial charge in [0.25, 0.3) is 0 Å². The number of ether oxygens (including phenoxy) is 4. The van der Waals surface area contributed by atoms with Crippen LogP contribution in [0.4, 0.5) is 38.2 Å². The average molecular weight is 1340 g/mol. The Morgan fingerprint density at radius 2 is 0.596 bits per heavy atom. The topological polar surface area (TPSA) is 264 Å². The van der Waals surface area contributed by atoms with Crippen LogP contribution in [0.2, 0.25) is 0 Å². The molecule has 0 amide bonds. The first kappa shape index (κ1) is 79.0. The van der Waals surface area contributed by atoms with Crippen molar-refractivity contribution in [2.45, 2.75) is 145 Å². The molecule has 2 aromatic heterocycles. The summed E-state index contributed by atoms with van der Waals surface area (Å²) in [4.78, 5) is 0. The number of nitrogens with zero attached hydrogens (tertiary/aromatic N) is 8. The minimum absolute atomic E-state index is 0. The minimum Gasteiger partial charge on any atom is -0.762 e. The number of imidazole rings is 2. The number of alkyl halides is 6. The zero-order valence-electron chi connectivity index (χ0n) is 52.2. The van der Waals surface area contributed by atoms with Crippen molar-refractivity contribution in [3.8, 4) is 22.7 Å². The van der Waals surface area contributed by atoms with Gasteiger partial charge in [0.05, 0.1) is 0 Å². The van der Waals surface area contributed by atoms with Crippen molar-refractivity contribution < 1.29 is 97.4 Å². The molecule has 29 heteroatoms. The van der Waals surface area contributed by atoms with Crippen LogP contribution in [0.15, 0.2) is 94.1 Å². The average Bonchev–Trinajstić information content (AvgIpc) is 1.78. The molecule has 0 saturated carbocycles. The summed E-state index contributed by atoms with van der Waals surface area (Å²) in [5, 5.41) is 35.6.